The summed E-state index contributed by atoms with van der Waals surface area (Å²) in [6.45, 7) is 5.37. The molecule has 2 aliphatic heterocycles. The normalized spacial score (nSPS) is 18.7. The molecule has 2 aromatic rings. The molecule has 0 bridgehead atoms. The van der Waals surface area contributed by atoms with Crippen LogP contribution in [-0.4, -0.2) is 54.9 Å². The van der Waals surface area contributed by atoms with Gasteiger partial charge < -0.3 is 15.4 Å². The number of nitrogens with zero attached hydrogens (tertiary/aromatic N) is 3. The lowest BCUT2D eigenvalue weighted by atomic mass is 10.1. The van der Waals surface area contributed by atoms with Gasteiger partial charge >= 0.3 is 0 Å². The predicted octanol–water partition coefficient (Wildman–Crippen LogP) is 2.07. The third-order valence-electron chi connectivity index (χ3n) is 6.30. The van der Waals surface area contributed by atoms with Gasteiger partial charge in [0, 0.05) is 30.9 Å². The average molecular weight is 486 g/mol. The van der Waals surface area contributed by atoms with E-state index in [-0.39, 0.29) is 16.8 Å². The number of sulfonamides is 1. The van der Waals surface area contributed by atoms with Crippen molar-refractivity contribution in [3.63, 3.8) is 0 Å². The van der Waals surface area contributed by atoms with Gasteiger partial charge in [0.2, 0.25) is 21.9 Å². The molecule has 1 aromatic heterocycles. The minimum Gasteiger partial charge on any atom is -0.493 e. The summed E-state index contributed by atoms with van der Waals surface area (Å²) in [6, 6.07) is 4.06. The molecule has 182 valence electrons. The van der Waals surface area contributed by atoms with E-state index in [1.807, 2.05) is 26.0 Å². The Labute approximate surface area is 200 Å². The van der Waals surface area contributed by atoms with Gasteiger partial charge in [0.25, 0.3) is 0 Å². The van der Waals surface area contributed by atoms with E-state index < -0.39 is 16.1 Å². The molecule has 0 radical (unpaired) electrons. The summed E-state index contributed by atoms with van der Waals surface area (Å²) in [7, 11) is -3.82. The lowest BCUT2D eigenvalue weighted by molar-refractivity contribution is -0.131. The number of rotatable bonds is 7. The molecule has 1 saturated heterocycles. The fourth-order valence-electron chi connectivity index (χ4n) is 4.44. The van der Waals surface area contributed by atoms with Crippen LogP contribution in [0.4, 0.5) is 5.95 Å². The van der Waals surface area contributed by atoms with Crippen LogP contribution < -0.4 is 15.2 Å². The Hall–Kier alpha value is -2.98. The Morgan fingerprint density at radius 1 is 1.21 bits per heavy atom. The van der Waals surface area contributed by atoms with E-state index in [1.54, 1.807) is 17.0 Å². The van der Waals surface area contributed by atoms with Crippen LogP contribution in [0.2, 0.25) is 0 Å². The van der Waals surface area contributed by atoms with Crippen LogP contribution in [0, 0.1) is 13.8 Å². The van der Waals surface area contributed by atoms with E-state index in [1.165, 1.54) is 6.07 Å². The number of carbonyl (C=O) groups excluding carboxylic acids is 1. The van der Waals surface area contributed by atoms with Crippen molar-refractivity contribution in [2.75, 3.05) is 25.4 Å². The first-order valence-corrected chi connectivity index (χ1v) is 13.0. The van der Waals surface area contributed by atoms with Gasteiger partial charge in [-0.2, -0.15) is 4.72 Å². The van der Waals surface area contributed by atoms with E-state index in [0.717, 1.165) is 41.1 Å². The number of benzene rings is 1. The monoisotopic (exact) mass is 485 g/mol. The highest BCUT2D eigenvalue weighted by Crippen LogP contribution is 2.28. The quantitative estimate of drug-likeness (QED) is 0.575. The molecule has 1 fully saturated rings. The maximum atomic E-state index is 13.2. The van der Waals surface area contributed by atoms with E-state index in [2.05, 4.69) is 14.7 Å². The van der Waals surface area contributed by atoms with Crippen LogP contribution in [0.1, 0.15) is 41.8 Å². The first-order chi connectivity index (χ1) is 16.2. The molecule has 1 atom stereocenters. The Kier molecular flexibility index (Phi) is 7.18. The SMILES string of the molecule is Cc1nc(N)nc(C)c1C/C=C/CN1CCCCC(NS(=O)(=O)c2ccc3c(c2)CCO3)C1=O. The van der Waals surface area contributed by atoms with Crippen LogP contribution in [-0.2, 0) is 27.7 Å². The van der Waals surface area contributed by atoms with Gasteiger partial charge in [-0.25, -0.2) is 18.4 Å². The van der Waals surface area contributed by atoms with Gasteiger partial charge in [0.1, 0.15) is 11.8 Å². The van der Waals surface area contributed by atoms with Crippen molar-refractivity contribution in [1.29, 1.82) is 0 Å². The molecular weight excluding hydrogens is 454 g/mol. The zero-order chi connectivity index (χ0) is 24.3. The Bertz CT molecular complexity index is 1190. The number of aryl methyl sites for hydroxylation is 2. The number of allylic oxidation sites excluding steroid dienone is 1. The summed E-state index contributed by atoms with van der Waals surface area (Å²) < 4.78 is 34.1. The van der Waals surface area contributed by atoms with Crippen molar-refractivity contribution < 1.29 is 17.9 Å². The lowest BCUT2D eigenvalue weighted by Gasteiger charge is -2.23. The zero-order valence-electron chi connectivity index (χ0n) is 19.6. The molecular formula is C24H31N5O4S. The number of ether oxygens (including phenoxy) is 1. The molecule has 0 aliphatic carbocycles. The summed E-state index contributed by atoms with van der Waals surface area (Å²) in [5.41, 5.74) is 9.26. The molecule has 34 heavy (non-hydrogen) atoms. The second-order valence-electron chi connectivity index (χ2n) is 8.73. The number of nitrogens with two attached hydrogens (primary N) is 1. The minimum absolute atomic E-state index is 0.164. The maximum absolute atomic E-state index is 13.2. The number of nitrogens with one attached hydrogen (secondary N) is 1. The molecule has 4 rings (SSSR count). The zero-order valence-corrected chi connectivity index (χ0v) is 20.4. The largest absolute Gasteiger partial charge is 0.493 e. The molecule has 1 aromatic carbocycles. The molecule has 2 aliphatic rings. The van der Waals surface area contributed by atoms with E-state index >= 15 is 0 Å². The molecule has 0 spiro atoms. The first-order valence-electron chi connectivity index (χ1n) is 11.6. The number of carbonyl (C=O) groups is 1. The summed E-state index contributed by atoms with van der Waals surface area (Å²) in [5, 5.41) is 0. The smallest absolute Gasteiger partial charge is 0.241 e. The maximum Gasteiger partial charge on any atom is 0.241 e. The second-order valence-corrected chi connectivity index (χ2v) is 10.4. The number of hydrogen-bond donors (Lipinski definition) is 2. The lowest BCUT2D eigenvalue weighted by Crippen LogP contribution is -2.47. The van der Waals surface area contributed by atoms with Gasteiger partial charge in [-0.15, -0.1) is 0 Å². The minimum atomic E-state index is -3.82. The van der Waals surface area contributed by atoms with Crippen molar-refractivity contribution in [2.45, 2.75) is 56.9 Å². The van der Waals surface area contributed by atoms with Gasteiger partial charge in [0.05, 0.1) is 11.5 Å². The van der Waals surface area contributed by atoms with Crippen molar-refractivity contribution in [3.05, 3.63) is 52.9 Å². The Balaban J connectivity index is 1.40. The Morgan fingerprint density at radius 2 is 1.97 bits per heavy atom. The highest BCUT2D eigenvalue weighted by atomic mass is 32.2. The molecule has 1 unspecified atom stereocenters. The van der Waals surface area contributed by atoms with Gasteiger partial charge in [-0.3, -0.25) is 4.79 Å². The number of anilines is 1. The van der Waals surface area contributed by atoms with Crippen LogP contribution in [0.5, 0.6) is 5.75 Å². The molecule has 9 nitrogen and oxygen atoms in total. The van der Waals surface area contributed by atoms with E-state index in [9.17, 15) is 13.2 Å². The number of nitrogen functional groups attached to an aromatic ring is 1. The van der Waals surface area contributed by atoms with Crippen molar-refractivity contribution >= 4 is 21.9 Å². The van der Waals surface area contributed by atoms with Gasteiger partial charge in [-0.05, 0) is 68.9 Å². The van der Waals surface area contributed by atoms with Crippen LogP contribution in [0.15, 0.2) is 35.2 Å². The van der Waals surface area contributed by atoms with Crippen LogP contribution in [0.3, 0.4) is 0 Å². The molecule has 1 amide bonds. The summed E-state index contributed by atoms with van der Waals surface area (Å²) >= 11 is 0. The average Bonchev–Trinajstić information content (AvgIpc) is 3.19. The van der Waals surface area contributed by atoms with Crippen LogP contribution in [0.25, 0.3) is 0 Å². The van der Waals surface area contributed by atoms with Gasteiger partial charge in [-0.1, -0.05) is 12.2 Å². The third-order valence-corrected chi connectivity index (χ3v) is 7.77. The number of hydrogen-bond acceptors (Lipinski definition) is 7. The third kappa shape index (κ3) is 5.39. The topological polar surface area (TPSA) is 128 Å². The van der Waals surface area contributed by atoms with Crippen molar-refractivity contribution in [3.8, 4) is 5.75 Å². The fourth-order valence-corrected chi connectivity index (χ4v) is 5.72. The highest BCUT2D eigenvalue weighted by Gasteiger charge is 2.31. The number of amides is 1. The van der Waals surface area contributed by atoms with Crippen LogP contribution >= 0.6 is 0 Å². The predicted molar refractivity (Wildman–Crippen MR) is 129 cm³/mol. The van der Waals surface area contributed by atoms with Gasteiger partial charge in [0.15, 0.2) is 0 Å². The summed E-state index contributed by atoms with van der Waals surface area (Å²) in [4.78, 5) is 23.5. The van der Waals surface area contributed by atoms with Crippen molar-refractivity contribution in [2.24, 2.45) is 0 Å². The van der Waals surface area contributed by atoms with E-state index in [0.29, 0.717) is 39.0 Å². The molecule has 0 saturated carbocycles. The summed E-state index contributed by atoms with van der Waals surface area (Å²) in [6.07, 6.45) is 7.33. The standard InChI is InChI=1S/C24H31N5O4S/c1-16-20(17(2)27-24(25)26-16)7-3-5-12-29-13-6-4-8-21(23(29)30)28-34(31,32)19-9-10-22-18(15-19)11-14-33-22/h3,5,9-10,15,21,28H,4,6-8,11-14H2,1-2H3,(H2,25,26,27)/b5-3+. The number of aromatic nitrogens is 2. The highest BCUT2D eigenvalue weighted by molar-refractivity contribution is 7.89. The second kappa shape index (κ2) is 10.1. The van der Waals surface area contributed by atoms with E-state index in [4.69, 9.17) is 10.5 Å². The first kappa shape index (κ1) is 24.2. The molecule has 3 N–H and O–H groups in total. The van der Waals surface area contributed by atoms with Crippen molar-refractivity contribution in [1.82, 2.24) is 19.6 Å². The molecule has 3 heterocycles. The number of likely N-dealkylation sites (tertiary alicyclic amines) is 1. The fraction of sp³-hybridized carbons (Fsp3) is 0.458. The Morgan fingerprint density at radius 3 is 2.74 bits per heavy atom. The number of fused-ring (bicyclic) bond motifs is 1. The molecule has 10 heteroatoms. The summed E-state index contributed by atoms with van der Waals surface area (Å²) in [5.74, 6) is 0.788.